The highest BCUT2D eigenvalue weighted by Crippen LogP contribution is 2.37. The average molecular weight is 543 g/mol. The Morgan fingerprint density at radius 3 is 2.69 bits per heavy atom. The molecule has 1 saturated heterocycles. The van der Waals surface area contributed by atoms with E-state index in [4.69, 9.17) is 33.3 Å². The molecular formula is C26H20ClFN2O4S2. The normalized spacial score (nSPS) is 14.3. The minimum absolute atomic E-state index is 0.0956. The second kappa shape index (κ2) is 11.1. The Bertz CT molecular complexity index is 1400. The summed E-state index contributed by atoms with van der Waals surface area (Å²) in [6, 6.07) is 16.5. The summed E-state index contributed by atoms with van der Waals surface area (Å²) in [6.07, 6.45) is 1.73. The number of rotatable bonds is 7. The van der Waals surface area contributed by atoms with Gasteiger partial charge >= 0.3 is 0 Å². The topological polar surface area (TPSA) is 67.9 Å². The molecule has 6 nitrogen and oxygen atoms in total. The van der Waals surface area contributed by atoms with Crippen molar-refractivity contribution >= 4 is 69.2 Å². The van der Waals surface area contributed by atoms with Crippen molar-refractivity contribution in [1.29, 1.82) is 0 Å². The van der Waals surface area contributed by atoms with E-state index >= 15 is 0 Å². The van der Waals surface area contributed by atoms with Crippen LogP contribution in [0.25, 0.3) is 6.08 Å². The zero-order chi connectivity index (χ0) is 25.8. The van der Waals surface area contributed by atoms with E-state index in [0.717, 1.165) is 17.3 Å². The Morgan fingerprint density at radius 1 is 1.17 bits per heavy atom. The third-order valence-corrected chi connectivity index (χ3v) is 6.69. The van der Waals surface area contributed by atoms with Crippen LogP contribution in [0.5, 0.6) is 11.5 Å². The molecule has 1 N–H and O–H groups in total. The van der Waals surface area contributed by atoms with Crippen LogP contribution in [0, 0.1) is 12.7 Å². The number of nitrogens with one attached hydrogen (secondary N) is 1. The minimum atomic E-state index is -0.576. The maximum Gasteiger partial charge on any atom is 0.270 e. The number of nitrogens with zero attached hydrogens (tertiary/aromatic N) is 1. The summed E-state index contributed by atoms with van der Waals surface area (Å²) < 4.78 is 24.7. The molecule has 184 valence electrons. The fourth-order valence-electron chi connectivity index (χ4n) is 3.42. The number of methoxy groups -OCH3 is 1. The number of benzene rings is 3. The fourth-order valence-corrected chi connectivity index (χ4v) is 4.90. The Labute approximate surface area is 222 Å². The second-order valence-corrected chi connectivity index (χ2v) is 9.82. The van der Waals surface area contributed by atoms with Crippen LogP contribution in [0.3, 0.4) is 0 Å². The Kier molecular flexibility index (Phi) is 7.93. The van der Waals surface area contributed by atoms with E-state index in [9.17, 15) is 14.0 Å². The number of hydrogen-bond donors (Lipinski definition) is 1. The molecule has 36 heavy (non-hydrogen) atoms. The van der Waals surface area contributed by atoms with Gasteiger partial charge in [0.1, 0.15) is 5.82 Å². The smallest absolute Gasteiger partial charge is 0.270 e. The highest BCUT2D eigenvalue weighted by atomic mass is 35.5. The number of thiocarbonyl (C=S) groups is 1. The van der Waals surface area contributed by atoms with Gasteiger partial charge in [-0.15, -0.1) is 0 Å². The molecule has 0 radical (unpaired) electrons. The number of hydrogen-bond acceptors (Lipinski definition) is 6. The summed E-state index contributed by atoms with van der Waals surface area (Å²) >= 11 is 12.4. The lowest BCUT2D eigenvalue weighted by atomic mass is 10.1. The molecule has 0 saturated carbocycles. The predicted molar refractivity (Wildman–Crippen MR) is 145 cm³/mol. The van der Waals surface area contributed by atoms with Gasteiger partial charge in [0, 0.05) is 5.69 Å². The molecule has 1 aliphatic heterocycles. The molecule has 4 rings (SSSR count). The maximum atomic E-state index is 13.3. The summed E-state index contributed by atoms with van der Waals surface area (Å²) in [5.41, 5.74) is 2.80. The number of ether oxygens (including phenoxy) is 2. The molecular weight excluding hydrogens is 523 g/mol. The number of carbonyl (C=O) groups excluding carboxylic acids is 2. The van der Waals surface area contributed by atoms with Crippen LogP contribution in [0.4, 0.5) is 15.8 Å². The SMILES string of the molecule is COc1cc(/C=C2\SC(=S)N(c3cccc(C)c3)C2=O)ccc1OCC(=O)Nc1ccc(F)c(Cl)c1. The molecule has 0 aromatic heterocycles. The van der Waals surface area contributed by atoms with Gasteiger partial charge in [-0.25, -0.2) is 4.39 Å². The highest BCUT2D eigenvalue weighted by molar-refractivity contribution is 8.27. The van der Waals surface area contributed by atoms with Gasteiger partial charge in [-0.3, -0.25) is 14.5 Å². The Morgan fingerprint density at radius 2 is 1.97 bits per heavy atom. The van der Waals surface area contributed by atoms with E-state index in [2.05, 4.69) is 5.32 Å². The summed E-state index contributed by atoms with van der Waals surface area (Å²) in [7, 11) is 1.48. The van der Waals surface area contributed by atoms with Gasteiger partial charge in [-0.1, -0.05) is 53.8 Å². The number of carbonyl (C=O) groups is 2. The van der Waals surface area contributed by atoms with Crippen molar-refractivity contribution in [2.75, 3.05) is 23.9 Å². The summed E-state index contributed by atoms with van der Waals surface area (Å²) in [5, 5.41) is 2.49. The Hall–Kier alpha value is -3.40. The largest absolute Gasteiger partial charge is 0.493 e. The van der Waals surface area contributed by atoms with E-state index in [1.165, 1.54) is 35.9 Å². The van der Waals surface area contributed by atoms with Crippen molar-refractivity contribution in [2.45, 2.75) is 6.92 Å². The van der Waals surface area contributed by atoms with Crippen LogP contribution < -0.4 is 19.7 Å². The lowest BCUT2D eigenvalue weighted by Crippen LogP contribution is -2.27. The van der Waals surface area contributed by atoms with Crippen LogP contribution in [0.1, 0.15) is 11.1 Å². The number of anilines is 2. The third-order valence-electron chi connectivity index (χ3n) is 5.10. The summed E-state index contributed by atoms with van der Waals surface area (Å²) in [6.45, 7) is 1.65. The standard InChI is InChI=1S/C26H20ClFN2O4S2/c1-15-4-3-5-18(10-15)30-25(32)23(36-26(30)35)12-16-6-9-21(22(11-16)33-2)34-14-24(31)29-17-7-8-20(28)19(27)13-17/h3-13H,14H2,1-2H3,(H,29,31)/b23-12-. The molecule has 1 fully saturated rings. The van der Waals surface area contributed by atoms with Gasteiger partial charge in [0.15, 0.2) is 22.4 Å². The lowest BCUT2D eigenvalue weighted by molar-refractivity contribution is -0.118. The minimum Gasteiger partial charge on any atom is -0.493 e. The molecule has 0 unspecified atom stereocenters. The quantitative estimate of drug-likeness (QED) is 0.282. The number of thioether (sulfide) groups is 1. The van der Waals surface area contributed by atoms with Gasteiger partial charge in [-0.2, -0.15) is 0 Å². The van der Waals surface area contributed by atoms with Crippen molar-refractivity contribution in [2.24, 2.45) is 0 Å². The first-order valence-corrected chi connectivity index (χ1v) is 12.3. The van der Waals surface area contributed by atoms with Crippen molar-refractivity contribution in [3.05, 3.63) is 87.5 Å². The molecule has 0 bridgehead atoms. The molecule has 3 aromatic rings. The van der Waals surface area contributed by atoms with Crippen molar-refractivity contribution < 1.29 is 23.5 Å². The zero-order valence-electron chi connectivity index (χ0n) is 19.2. The van der Waals surface area contributed by atoms with Gasteiger partial charge < -0.3 is 14.8 Å². The van der Waals surface area contributed by atoms with E-state index in [1.54, 1.807) is 24.3 Å². The molecule has 1 aliphatic rings. The van der Waals surface area contributed by atoms with E-state index in [1.807, 2.05) is 31.2 Å². The molecule has 3 aromatic carbocycles. The van der Waals surface area contributed by atoms with Crippen LogP contribution in [0.15, 0.2) is 65.6 Å². The monoisotopic (exact) mass is 542 g/mol. The molecule has 0 atom stereocenters. The molecule has 2 amide bonds. The predicted octanol–water partition coefficient (Wildman–Crippen LogP) is 6.22. The van der Waals surface area contributed by atoms with Crippen LogP contribution >= 0.6 is 35.6 Å². The van der Waals surface area contributed by atoms with Gasteiger partial charge in [-0.05, 0) is 66.6 Å². The number of aryl methyl sites for hydroxylation is 1. The summed E-state index contributed by atoms with van der Waals surface area (Å²) in [4.78, 5) is 27.3. The van der Waals surface area contributed by atoms with Crippen molar-refractivity contribution in [1.82, 2.24) is 0 Å². The van der Waals surface area contributed by atoms with Gasteiger partial charge in [0.2, 0.25) is 0 Å². The zero-order valence-corrected chi connectivity index (χ0v) is 21.6. The second-order valence-electron chi connectivity index (χ2n) is 7.73. The van der Waals surface area contributed by atoms with E-state index in [0.29, 0.717) is 32.0 Å². The third kappa shape index (κ3) is 5.87. The van der Waals surface area contributed by atoms with Gasteiger partial charge in [0.25, 0.3) is 11.8 Å². The van der Waals surface area contributed by atoms with Crippen LogP contribution in [-0.2, 0) is 9.59 Å². The number of amides is 2. The molecule has 10 heteroatoms. The lowest BCUT2D eigenvalue weighted by Gasteiger charge is -2.14. The summed E-state index contributed by atoms with van der Waals surface area (Å²) in [5.74, 6) is -0.506. The molecule has 0 spiro atoms. The average Bonchev–Trinajstić information content (AvgIpc) is 3.12. The molecule has 0 aliphatic carbocycles. The first kappa shape index (κ1) is 25.7. The van der Waals surface area contributed by atoms with E-state index in [-0.39, 0.29) is 17.5 Å². The van der Waals surface area contributed by atoms with E-state index < -0.39 is 11.7 Å². The van der Waals surface area contributed by atoms with Crippen LogP contribution in [0.2, 0.25) is 5.02 Å². The molecule has 1 heterocycles. The van der Waals surface area contributed by atoms with Crippen molar-refractivity contribution in [3.8, 4) is 11.5 Å². The van der Waals surface area contributed by atoms with Crippen molar-refractivity contribution in [3.63, 3.8) is 0 Å². The first-order valence-electron chi connectivity index (χ1n) is 10.7. The van der Waals surface area contributed by atoms with Crippen LogP contribution in [-0.4, -0.2) is 29.9 Å². The Balaban J connectivity index is 1.45. The maximum absolute atomic E-state index is 13.3. The fraction of sp³-hybridized carbons (Fsp3) is 0.115. The number of halogens is 2. The first-order chi connectivity index (χ1) is 17.2. The van der Waals surface area contributed by atoms with Gasteiger partial charge in [0.05, 0.1) is 22.7 Å². The highest BCUT2D eigenvalue weighted by Gasteiger charge is 2.33.